The van der Waals surface area contributed by atoms with Gasteiger partial charge >= 0.3 is 0 Å². The number of hydrogen-bond acceptors (Lipinski definition) is 5. The number of benzene rings is 1. The fourth-order valence-corrected chi connectivity index (χ4v) is 2.57. The van der Waals surface area contributed by atoms with Crippen molar-refractivity contribution >= 4 is 48.8 Å². The third kappa shape index (κ3) is 9.70. The van der Waals surface area contributed by atoms with Crippen LogP contribution in [0.1, 0.15) is 17.5 Å². The number of aromatic nitrogens is 1. The van der Waals surface area contributed by atoms with Crippen LogP contribution in [0.3, 0.4) is 0 Å². The number of ether oxygens (including phenoxy) is 2. The molecule has 0 spiro atoms. The van der Waals surface area contributed by atoms with Crippen molar-refractivity contribution < 1.29 is 9.47 Å². The van der Waals surface area contributed by atoms with Crippen LogP contribution in [0.25, 0.3) is 0 Å². The number of methoxy groups -OCH3 is 1. The van der Waals surface area contributed by atoms with Crippen LogP contribution >= 0.6 is 48.8 Å². The van der Waals surface area contributed by atoms with Gasteiger partial charge in [0.2, 0.25) is 0 Å². The summed E-state index contributed by atoms with van der Waals surface area (Å²) in [5.41, 5.74) is 2.04. The maximum atomic E-state index is 6.38. The van der Waals surface area contributed by atoms with Crippen LogP contribution in [0.5, 0.6) is 11.5 Å². The van der Waals surface area contributed by atoms with Crippen molar-refractivity contribution in [2.24, 2.45) is 0 Å². The van der Waals surface area contributed by atoms with Crippen molar-refractivity contribution in [1.82, 2.24) is 15.6 Å². The molecule has 5 nitrogen and oxygen atoms in total. The lowest BCUT2D eigenvalue weighted by Gasteiger charge is -2.14. The summed E-state index contributed by atoms with van der Waals surface area (Å²) in [6.07, 6.45) is 4.58. The number of pyridine rings is 1. The Balaban J connectivity index is 0. The zero-order valence-electron chi connectivity index (χ0n) is 15.4. The van der Waals surface area contributed by atoms with E-state index in [1.165, 1.54) is 0 Å². The van der Waals surface area contributed by atoms with Crippen LogP contribution in [0.4, 0.5) is 0 Å². The smallest absolute Gasteiger partial charge is 0.180 e. The highest BCUT2D eigenvalue weighted by Crippen LogP contribution is 2.36. The molecule has 2 aromatic rings. The molecule has 0 aliphatic rings. The summed E-state index contributed by atoms with van der Waals surface area (Å²) in [5, 5.41) is 7.06. The number of rotatable bonds is 10. The lowest BCUT2D eigenvalue weighted by molar-refractivity contribution is 0.284. The van der Waals surface area contributed by atoms with Gasteiger partial charge in [0.25, 0.3) is 0 Å². The fraction of sp³-hybridized carbons (Fsp3) is 0.389. The predicted molar refractivity (Wildman–Crippen MR) is 119 cm³/mol. The van der Waals surface area contributed by atoms with Crippen molar-refractivity contribution in [3.63, 3.8) is 0 Å². The molecule has 1 heterocycles. The SMILES string of the molecule is CNCCCNCc1cc(Cl)c(OCc2cccnc2)c(OC)c1.Cl.Cl.Cl. The van der Waals surface area contributed by atoms with E-state index in [1.807, 2.05) is 31.3 Å². The molecular weight excluding hydrogens is 432 g/mol. The van der Waals surface area contributed by atoms with Gasteiger partial charge in [-0.05, 0) is 50.3 Å². The van der Waals surface area contributed by atoms with Gasteiger partial charge in [-0.2, -0.15) is 0 Å². The molecule has 0 bridgehead atoms. The average molecular weight is 459 g/mol. The first-order valence-corrected chi connectivity index (χ1v) is 8.36. The largest absolute Gasteiger partial charge is 0.493 e. The summed E-state index contributed by atoms with van der Waals surface area (Å²) in [6.45, 7) is 3.08. The van der Waals surface area contributed by atoms with E-state index in [4.69, 9.17) is 21.1 Å². The summed E-state index contributed by atoms with van der Waals surface area (Å²) in [6, 6.07) is 7.69. The maximum Gasteiger partial charge on any atom is 0.180 e. The summed E-state index contributed by atoms with van der Waals surface area (Å²) < 4.78 is 11.3. The molecule has 0 fully saturated rings. The van der Waals surface area contributed by atoms with Crippen LogP contribution in [0.15, 0.2) is 36.7 Å². The molecule has 0 atom stereocenters. The number of halogens is 4. The predicted octanol–water partition coefficient (Wildman–Crippen LogP) is 4.29. The third-order valence-corrected chi connectivity index (χ3v) is 3.79. The highest BCUT2D eigenvalue weighted by atomic mass is 35.5. The van der Waals surface area contributed by atoms with Gasteiger partial charge in [-0.3, -0.25) is 4.98 Å². The van der Waals surface area contributed by atoms with Crippen LogP contribution < -0.4 is 20.1 Å². The molecule has 1 aromatic carbocycles. The molecule has 9 heteroatoms. The number of hydrogen-bond donors (Lipinski definition) is 2. The van der Waals surface area contributed by atoms with Crippen molar-refractivity contribution in [1.29, 1.82) is 0 Å². The normalized spacial score (nSPS) is 9.44. The van der Waals surface area contributed by atoms with E-state index in [0.29, 0.717) is 23.1 Å². The third-order valence-electron chi connectivity index (χ3n) is 3.50. The van der Waals surface area contributed by atoms with Crippen LogP contribution in [0.2, 0.25) is 5.02 Å². The number of nitrogens with one attached hydrogen (secondary N) is 2. The first-order chi connectivity index (χ1) is 11.7. The molecule has 0 saturated heterocycles. The van der Waals surface area contributed by atoms with Gasteiger partial charge in [-0.25, -0.2) is 0 Å². The lowest BCUT2D eigenvalue weighted by atomic mass is 10.2. The van der Waals surface area contributed by atoms with Gasteiger partial charge in [0, 0.05) is 24.5 Å². The lowest BCUT2D eigenvalue weighted by Crippen LogP contribution is -2.19. The quantitative estimate of drug-likeness (QED) is 0.520. The summed E-state index contributed by atoms with van der Waals surface area (Å²) in [5.74, 6) is 1.19. The Hall–Kier alpha value is -0.950. The van der Waals surface area contributed by atoms with Gasteiger partial charge in [0.15, 0.2) is 11.5 Å². The molecule has 0 aliphatic heterocycles. The Morgan fingerprint density at radius 3 is 2.52 bits per heavy atom. The molecule has 0 unspecified atom stereocenters. The van der Waals surface area contributed by atoms with Crippen molar-refractivity contribution in [2.45, 2.75) is 19.6 Å². The second-order valence-electron chi connectivity index (χ2n) is 5.39. The topological polar surface area (TPSA) is 55.4 Å². The molecule has 2 rings (SSSR count). The zero-order valence-corrected chi connectivity index (χ0v) is 18.6. The van der Waals surface area contributed by atoms with Gasteiger partial charge in [-0.15, -0.1) is 37.2 Å². The van der Waals surface area contributed by atoms with E-state index >= 15 is 0 Å². The number of nitrogens with zero attached hydrogens (tertiary/aromatic N) is 1. The Labute approximate surface area is 184 Å². The second kappa shape index (κ2) is 16.0. The summed E-state index contributed by atoms with van der Waals surface area (Å²) in [4.78, 5) is 4.07. The fourth-order valence-electron chi connectivity index (χ4n) is 2.28. The van der Waals surface area contributed by atoms with E-state index in [-0.39, 0.29) is 37.2 Å². The molecule has 1 aromatic heterocycles. The Morgan fingerprint density at radius 1 is 1.11 bits per heavy atom. The average Bonchev–Trinajstić information content (AvgIpc) is 2.61. The van der Waals surface area contributed by atoms with E-state index in [9.17, 15) is 0 Å². The van der Waals surface area contributed by atoms with Gasteiger partial charge in [-0.1, -0.05) is 17.7 Å². The summed E-state index contributed by atoms with van der Waals surface area (Å²) >= 11 is 6.38. The Kier molecular flexibility index (Phi) is 16.8. The van der Waals surface area contributed by atoms with Gasteiger partial charge in [0.1, 0.15) is 6.61 Å². The van der Waals surface area contributed by atoms with Crippen molar-refractivity contribution in [3.05, 3.63) is 52.8 Å². The monoisotopic (exact) mass is 457 g/mol. The first-order valence-electron chi connectivity index (χ1n) is 7.98. The van der Waals surface area contributed by atoms with Crippen LogP contribution in [-0.2, 0) is 13.2 Å². The molecule has 0 radical (unpaired) electrons. The molecule has 0 aliphatic carbocycles. The minimum absolute atomic E-state index is 0. The minimum Gasteiger partial charge on any atom is -0.493 e. The van der Waals surface area contributed by atoms with Crippen LogP contribution in [-0.4, -0.2) is 32.2 Å². The van der Waals surface area contributed by atoms with Crippen LogP contribution in [0, 0.1) is 0 Å². The van der Waals surface area contributed by atoms with E-state index in [2.05, 4.69) is 15.6 Å². The van der Waals surface area contributed by atoms with Crippen molar-refractivity contribution in [2.75, 3.05) is 27.2 Å². The molecule has 0 saturated carbocycles. The van der Waals surface area contributed by atoms with E-state index in [1.54, 1.807) is 19.5 Å². The minimum atomic E-state index is 0. The van der Waals surface area contributed by atoms with E-state index < -0.39 is 0 Å². The second-order valence-corrected chi connectivity index (χ2v) is 5.80. The highest BCUT2D eigenvalue weighted by Gasteiger charge is 2.12. The summed E-state index contributed by atoms with van der Waals surface area (Å²) in [7, 11) is 3.57. The molecular formula is C18H27Cl4N3O2. The molecule has 27 heavy (non-hydrogen) atoms. The highest BCUT2D eigenvalue weighted by molar-refractivity contribution is 6.32. The molecule has 0 amide bonds. The van der Waals surface area contributed by atoms with Gasteiger partial charge in [0.05, 0.1) is 12.1 Å². The molecule has 154 valence electrons. The molecule has 2 N–H and O–H groups in total. The Bertz CT molecular complexity index is 634. The maximum absolute atomic E-state index is 6.38. The van der Waals surface area contributed by atoms with Gasteiger partial charge < -0.3 is 20.1 Å². The van der Waals surface area contributed by atoms with Crippen molar-refractivity contribution in [3.8, 4) is 11.5 Å². The first kappa shape index (κ1) is 28.3. The Morgan fingerprint density at radius 2 is 1.89 bits per heavy atom. The van der Waals surface area contributed by atoms with E-state index in [0.717, 1.165) is 37.2 Å². The standard InChI is InChI=1S/C18H24ClN3O2.3ClH/c1-20-6-4-8-22-12-15-9-16(19)18(17(10-15)23-2)24-13-14-5-3-7-21-11-14;;;/h3,5,7,9-11,20,22H,4,6,8,12-13H2,1-2H3;3*1H. The zero-order chi connectivity index (χ0) is 17.2.